The van der Waals surface area contributed by atoms with E-state index in [1.165, 1.54) is 6.92 Å². The summed E-state index contributed by atoms with van der Waals surface area (Å²) in [6.07, 6.45) is 3.57. The molecule has 2 heterocycles. The maximum absolute atomic E-state index is 13.4. The van der Waals surface area contributed by atoms with Crippen molar-refractivity contribution >= 4 is 40.9 Å². The summed E-state index contributed by atoms with van der Waals surface area (Å²) < 4.78 is 17.5. The predicted molar refractivity (Wildman–Crippen MR) is 153 cm³/mol. The Morgan fingerprint density at radius 1 is 0.707 bits per heavy atom. The third-order valence-electron chi connectivity index (χ3n) is 7.58. The van der Waals surface area contributed by atoms with Crippen molar-refractivity contribution in [3.05, 3.63) is 41.0 Å². The topological polar surface area (TPSA) is 106 Å². The summed E-state index contributed by atoms with van der Waals surface area (Å²) in [5.74, 6) is 0.614. The number of benzene rings is 2. The summed E-state index contributed by atoms with van der Waals surface area (Å²) in [6, 6.07) is 7.31. The molecule has 0 N–H and O–H groups in total. The molecule has 41 heavy (non-hydrogen) atoms. The summed E-state index contributed by atoms with van der Waals surface area (Å²) in [5, 5.41) is 1.24. The number of carbonyl (C=O) groups is 4. The van der Waals surface area contributed by atoms with Crippen LogP contribution in [0.3, 0.4) is 0 Å². The normalized spacial score (nSPS) is 17.2. The minimum Gasteiger partial charge on any atom is -0.444 e. The highest BCUT2D eigenvalue weighted by molar-refractivity contribution is 6.07. The van der Waals surface area contributed by atoms with Crippen LogP contribution in [0, 0.1) is 0 Å². The number of carbonyl (C=O) groups excluding carboxylic acids is 4. The van der Waals surface area contributed by atoms with Crippen LogP contribution in [0.2, 0.25) is 0 Å². The first-order valence-electron chi connectivity index (χ1n) is 14.2. The zero-order valence-corrected chi connectivity index (χ0v) is 24.2. The van der Waals surface area contributed by atoms with Crippen LogP contribution < -0.4 is 9.47 Å². The van der Waals surface area contributed by atoms with Gasteiger partial charge in [-0.3, -0.25) is 4.79 Å². The molecule has 0 unspecified atom stereocenters. The van der Waals surface area contributed by atoms with Gasteiger partial charge >= 0.3 is 18.3 Å². The summed E-state index contributed by atoms with van der Waals surface area (Å²) in [6.45, 7) is 9.45. The van der Waals surface area contributed by atoms with Crippen LogP contribution in [-0.4, -0.2) is 83.6 Å². The lowest BCUT2D eigenvalue weighted by Crippen LogP contribution is -2.52. The second-order valence-electron chi connectivity index (χ2n) is 11.7. The van der Waals surface area contributed by atoms with Crippen LogP contribution >= 0.6 is 0 Å². The molecule has 10 nitrogen and oxygen atoms in total. The second kappa shape index (κ2) is 11.4. The van der Waals surface area contributed by atoms with E-state index in [9.17, 15) is 19.2 Å². The summed E-state index contributed by atoms with van der Waals surface area (Å²) in [4.78, 5) is 56.2. The summed E-state index contributed by atoms with van der Waals surface area (Å²) in [7, 11) is 0. The Hall–Kier alpha value is -4.08. The van der Waals surface area contributed by atoms with E-state index in [4.69, 9.17) is 14.2 Å². The number of likely N-dealkylation sites (tertiary alicyclic amines) is 1. The maximum atomic E-state index is 13.4. The maximum Gasteiger partial charge on any atom is 0.415 e. The zero-order chi connectivity index (χ0) is 29.3. The number of hydrogen-bond acceptors (Lipinski definition) is 7. The van der Waals surface area contributed by atoms with Gasteiger partial charge in [0, 0.05) is 73.2 Å². The SMILES string of the molecule is CC(=O)C1=Cc2c(c(OC(=O)N3CCN(C(=O)OC(C)(C)C)CC3)c3ccccc3c2OC(=O)N2CCCCC2)C1. The van der Waals surface area contributed by atoms with Crippen LogP contribution in [0.4, 0.5) is 14.4 Å². The molecule has 218 valence electrons. The Balaban J connectivity index is 1.42. The average Bonchev–Trinajstić information content (AvgIpc) is 3.40. The van der Waals surface area contributed by atoms with Crippen molar-refractivity contribution in [3.8, 4) is 11.5 Å². The molecule has 0 bridgehead atoms. The summed E-state index contributed by atoms with van der Waals surface area (Å²) >= 11 is 0. The van der Waals surface area contributed by atoms with Gasteiger partial charge in [0.2, 0.25) is 0 Å². The number of fused-ring (bicyclic) bond motifs is 2. The number of hydrogen-bond donors (Lipinski definition) is 0. The van der Waals surface area contributed by atoms with Crippen molar-refractivity contribution in [3.63, 3.8) is 0 Å². The molecule has 2 aliphatic heterocycles. The molecule has 0 radical (unpaired) electrons. The monoisotopic (exact) mass is 563 g/mol. The number of allylic oxidation sites excluding steroid dienone is 1. The summed E-state index contributed by atoms with van der Waals surface area (Å²) in [5.41, 5.74) is 1.16. The Morgan fingerprint density at radius 3 is 1.78 bits per heavy atom. The minimum atomic E-state index is -0.602. The number of amides is 3. The van der Waals surface area contributed by atoms with Gasteiger partial charge in [-0.2, -0.15) is 0 Å². The van der Waals surface area contributed by atoms with Crippen LogP contribution in [-0.2, 0) is 16.0 Å². The highest BCUT2D eigenvalue weighted by Gasteiger charge is 2.33. The van der Waals surface area contributed by atoms with E-state index >= 15 is 0 Å². The van der Waals surface area contributed by atoms with Crippen molar-refractivity contribution in [2.75, 3.05) is 39.3 Å². The molecule has 3 amide bonds. The first kappa shape index (κ1) is 28.4. The highest BCUT2D eigenvalue weighted by Crippen LogP contribution is 2.46. The predicted octanol–water partition coefficient (Wildman–Crippen LogP) is 5.40. The third kappa shape index (κ3) is 6.16. The van der Waals surface area contributed by atoms with Crippen LogP contribution in [0.1, 0.15) is 58.1 Å². The van der Waals surface area contributed by atoms with E-state index in [2.05, 4.69) is 0 Å². The number of nitrogens with zero attached hydrogens (tertiary/aromatic N) is 3. The zero-order valence-electron chi connectivity index (χ0n) is 24.2. The van der Waals surface area contributed by atoms with E-state index < -0.39 is 23.9 Å². The minimum absolute atomic E-state index is 0.103. The largest absolute Gasteiger partial charge is 0.444 e. The number of Topliss-reactive ketones (excluding diaryl/α,β-unsaturated/α-hetero) is 1. The lowest BCUT2D eigenvalue weighted by atomic mass is 9.99. The first-order valence-corrected chi connectivity index (χ1v) is 14.2. The van der Waals surface area contributed by atoms with Crippen LogP contribution in [0.25, 0.3) is 16.8 Å². The number of rotatable bonds is 3. The fraction of sp³-hybridized carbons (Fsp3) is 0.484. The van der Waals surface area contributed by atoms with Gasteiger partial charge in [0.05, 0.1) is 0 Å². The number of piperazine rings is 1. The number of piperidine rings is 1. The lowest BCUT2D eigenvalue weighted by molar-refractivity contribution is -0.113. The first-order chi connectivity index (χ1) is 19.5. The van der Waals surface area contributed by atoms with Crippen molar-refractivity contribution < 1.29 is 33.4 Å². The van der Waals surface area contributed by atoms with E-state index in [0.29, 0.717) is 78.2 Å². The van der Waals surface area contributed by atoms with Crippen LogP contribution in [0.5, 0.6) is 11.5 Å². The molecule has 0 aromatic heterocycles. The lowest BCUT2D eigenvalue weighted by Gasteiger charge is -2.35. The molecule has 2 fully saturated rings. The molecular formula is C31H37N3O7. The van der Waals surface area contributed by atoms with E-state index in [1.807, 2.05) is 45.0 Å². The smallest absolute Gasteiger partial charge is 0.415 e. The molecule has 0 spiro atoms. The Bertz CT molecular complexity index is 1410. The Morgan fingerprint density at radius 2 is 1.22 bits per heavy atom. The third-order valence-corrected chi connectivity index (χ3v) is 7.58. The molecule has 0 atom stereocenters. The second-order valence-corrected chi connectivity index (χ2v) is 11.7. The quantitative estimate of drug-likeness (QED) is 0.492. The fourth-order valence-corrected chi connectivity index (χ4v) is 5.42. The molecule has 3 aliphatic rings. The van der Waals surface area contributed by atoms with Crippen molar-refractivity contribution in [2.24, 2.45) is 0 Å². The average molecular weight is 564 g/mol. The molecule has 0 saturated carbocycles. The molecule has 2 aromatic rings. The number of ether oxygens (including phenoxy) is 3. The highest BCUT2D eigenvalue weighted by atomic mass is 16.6. The van der Waals surface area contributed by atoms with Crippen LogP contribution in [0.15, 0.2) is 29.8 Å². The van der Waals surface area contributed by atoms with E-state index in [-0.39, 0.29) is 12.2 Å². The molecular weight excluding hydrogens is 526 g/mol. The molecule has 5 rings (SSSR count). The van der Waals surface area contributed by atoms with Gasteiger partial charge < -0.3 is 28.9 Å². The van der Waals surface area contributed by atoms with Gasteiger partial charge in [-0.05, 0) is 53.0 Å². The number of ketones is 1. The van der Waals surface area contributed by atoms with E-state index in [0.717, 1.165) is 19.3 Å². The Labute approximate surface area is 239 Å². The van der Waals surface area contributed by atoms with Crippen molar-refractivity contribution in [2.45, 2.75) is 59.0 Å². The van der Waals surface area contributed by atoms with Gasteiger partial charge in [-0.25, -0.2) is 14.4 Å². The van der Waals surface area contributed by atoms with Gasteiger partial charge in [0.25, 0.3) is 0 Å². The fourth-order valence-electron chi connectivity index (χ4n) is 5.42. The molecule has 10 heteroatoms. The van der Waals surface area contributed by atoms with Gasteiger partial charge in [-0.15, -0.1) is 0 Å². The van der Waals surface area contributed by atoms with Crippen molar-refractivity contribution in [1.82, 2.24) is 14.7 Å². The van der Waals surface area contributed by atoms with Crippen molar-refractivity contribution in [1.29, 1.82) is 0 Å². The molecule has 2 aromatic carbocycles. The van der Waals surface area contributed by atoms with Gasteiger partial charge in [0.15, 0.2) is 5.78 Å². The standard InChI is InChI=1S/C31H37N3O7/c1-20(35)21-18-24-25(19-21)27(40-29(37)33-14-16-34(17-15-33)30(38)41-31(2,3)4)23-11-7-6-10-22(23)26(24)39-28(36)32-12-8-5-9-13-32/h6-7,10-11,18H,5,8-9,12-17,19H2,1-4H3. The van der Waals surface area contributed by atoms with Gasteiger partial charge in [0.1, 0.15) is 17.1 Å². The van der Waals surface area contributed by atoms with Gasteiger partial charge in [-0.1, -0.05) is 24.3 Å². The molecule has 2 saturated heterocycles. The van der Waals surface area contributed by atoms with E-state index in [1.54, 1.807) is 20.8 Å². The molecule has 1 aliphatic carbocycles. The Kier molecular flexibility index (Phi) is 7.93.